The predicted molar refractivity (Wildman–Crippen MR) is 119 cm³/mol. The molecule has 1 saturated heterocycles. The summed E-state index contributed by atoms with van der Waals surface area (Å²) in [6, 6.07) is 17.2. The van der Waals surface area contributed by atoms with Gasteiger partial charge in [0.1, 0.15) is 0 Å². The number of carbonyl (C=O) groups excluding carboxylic acids is 2. The first kappa shape index (κ1) is 21.1. The first-order valence-electron chi connectivity index (χ1n) is 11.3. The van der Waals surface area contributed by atoms with Crippen molar-refractivity contribution >= 4 is 11.8 Å². The smallest absolute Gasteiger partial charge is 0.254 e. The van der Waals surface area contributed by atoms with Crippen LogP contribution in [0.1, 0.15) is 70.4 Å². The van der Waals surface area contributed by atoms with E-state index >= 15 is 0 Å². The molecule has 31 heavy (non-hydrogen) atoms. The average Bonchev–Trinajstić information content (AvgIpc) is 2.82. The molecule has 5 heteroatoms. The highest BCUT2D eigenvalue weighted by atomic mass is 16.2. The summed E-state index contributed by atoms with van der Waals surface area (Å²) < 4.78 is 0. The van der Waals surface area contributed by atoms with Crippen molar-refractivity contribution in [1.82, 2.24) is 10.2 Å². The molecule has 1 N–H and O–H groups in total. The Bertz CT molecular complexity index is 975. The second-order valence-corrected chi connectivity index (χ2v) is 8.67. The van der Waals surface area contributed by atoms with E-state index in [1.54, 1.807) is 18.2 Å². The Hall–Kier alpha value is -3.13. The molecule has 0 radical (unpaired) electrons. The zero-order valence-electron chi connectivity index (χ0n) is 17.8. The standard InChI is InChI=1S/C26H29N3O2/c27-15-14-19-5-3-7-23(17-19)25(30)28-18-20-10-12-22(13-11-20)26(31)29-16-4-8-21-6-1-2-9-24(21)29/h3,5,7,10-13,17,21,24H,1-2,4,6,8-9,14,16,18H2,(H,28,30). The summed E-state index contributed by atoms with van der Waals surface area (Å²) in [5, 5.41) is 11.7. The van der Waals surface area contributed by atoms with E-state index in [1.165, 1.54) is 25.7 Å². The monoisotopic (exact) mass is 415 g/mol. The van der Waals surface area contributed by atoms with Crippen LogP contribution in [0.5, 0.6) is 0 Å². The van der Waals surface area contributed by atoms with Crippen LogP contribution in [0.3, 0.4) is 0 Å². The van der Waals surface area contributed by atoms with Crippen molar-refractivity contribution in [3.8, 4) is 6.07 Å². The van der Waals surface area contributed by atoms with Gasteiger partial charge in [0.2, 0.25) is 0 Å². The van der Waals surface area contributed by atoms with Gasteiger partial charge < -0.3 is 10.2 Å². The summed E-state index contributed by atoms with van der Waals surface area (Å²) in [5.74, 6) is 0.644. The Labute approximate surface area is 184 Å². The molecule has 0 spiro atoms. The van der Waals surface area contributed by atoms with Crippen LogP contribution >= 0.6 is 0 Å². The lowest BCUT2D eigenvalue weighted by molar-refractivity contribution is 0.0390. The Morgan fingerprint density at radius 2 is 1.74 bits per heavy atom. The fourth-order valence-electron chi connectivity index (χ4n) is 5.01. The minimum atomic E-state index is -0.170. The number of amides is 2. The molecule has 2 aliphatic rings. The van der Waals surface area contributed by atoms with Gasteiger partial charge in [-0.3, -0.25) is 9.59 Å². The molecule has 2 aromatic carbocycles. The van der Waals surface area contributed by atoms with E-state index < -0.39 is 0 Å². The summed E-state index contributed by atoms with van der Waals surface area (Å²) in [7, 11) is 0. The molecule has 2 unspecified atom stereocenters. The lowest BCUT2D eigenvalue weighted by atomic mass is 9.78. The number of hydrogen-bond donors (Lipinski definition) is 1. The van der Waals surface area contributed by atoms with Gasteiger partial charge >= 0.3 is 0 Å². The van der Waals surface area contributed by atoms with Crippen LogP contribution in [0.15, 0.2) is 48.5 Å². The van der Waals surface area contributed by atoms with Gasteiger partial charge in [-0.1, -0.05) is 37.1 Å². The molecule has 2 atom stereocenters. The van der Waals surface area contributed by atoms with Crippen LogP contribution in [0.2, 0.25) is 0 Å². The first-order valence-corrected chi connectivity index (χ1v) is 11.3. The predicted octanol–water partition coefficient (Wildman–Crippen LogP) is 4.48. The normalized spacial score (nSPS) is 20.4. The van der Waals surface area contributed by atoms with Gasteiger partial charge in [0.05, 0.1) is 12.5 Å². The minimum absolute atomic E-state index is 0.140. The lowest BCUT2D eigenvalue weighted by Gasteiger charge is -2.44. The highest BCUT2D eigenvalue weighted by molar-refractivity contribution is 5.95. The zero-order valence-corrected chi connectivity index (χ0v) is 17.8. The van der Waals surface area contributed by atoms with Gasteiger partial charge in [-0.15, -0.1) is 0 Å². The third-order valence-corrected chi connectivity index (χ3v) is 6.63. The molecule has 2 fully saturated rings. The third-order valence-electron chi connectivity index (χ3n) is 6.63. The maximum atomic E-state index is 13.1. The van der Waals surface area contributed by atoms with Gasteiger partial charge in [0, 0.05) is 30.3 Å². The van der Waals surface area contributed by atoms with E-state index in [0.29, 0.717) is 24.1 Å². The third kappa shape index (κ3) is 4.96. The second-order valence-electron chi connectivity index (χ2n) is 8.67. The highest BCUT2D eigenvalue weighted by Gasteiger charge is 2.35. The highest BCUT2D eigenvalue weighted by Crippen LogP contribution is 2.35. The van der Waals surface area contributed by atoms with E-state index in [4.69, 9.17) is 5.26 Å². The largest absolute Gasteiger partial charge is 0.348 e. The molecule has 1 heterocycles. The maximum Gasteiger partial charge on any atom is 0.254 e. The molecule has 1 aliphatic heterocycles. The van der Waals surface area contributed by atoms with Crippen LogP contribution in [0.4, 0.5) is 0 Å². The van der Waals surface area contributed by atoms with Crippen molar-refractivity contribution < 1.29 is 9.59 Å². The number of carbonyl (C=O) groups is 2. The molecule has 1 aliphatic carbocycles. The Morgan fingerprint density at radius 3 is 2.55 bits per heavy atom. The molecular weight excluding hydrogens is 386 g/mol. The van der Waals surface area contributed by atoms with Crippen LogP contribution < -0.4 is 5.32 Å². The molecule has 2 amide bonds. The molecule has 5 nitrogen and oxygen atoms in total. The van der Waals surface area contributed by atoms with Crippen LogP contribution in [-0.2, 0) is 13.0 Å². The van der Waals surface area contributed by atoms with Crippen molar-refractivity contribution in [1.29, 1.82) is 5.26 Å². The summed E-state index contributed by atoms with van der Waals surface area (Å²) in [6.45, 7) is 1.26. The number of piperidine rings is 1. The Morgan fingerprint density at radius 1 is 0.968 bits per heavy atom. The molecule has 2 aromatic rings. The fraction of sp³-hybridized carbons (Fsp3) is 0.423. The zero-order chi connectivity index (χ0) is 21.6. The molecule has 1 saturated carbocycles. The van der Waals surface area contributed by atoms with Crippen LogP contribution in [-0.4, -0.2) is 29.3 Å². The number of nitrogens with zero attached hydrogens (tertiary/aromatic N) is 2. The summed E-state index contributed by atoms with van der Waals surface area (Å²) in [4.78, 5) is 27.7. The van der Waals surface area contributed by atoms with Crippen molar-refractivity contribution in [2.75, 3.05) is 6.54 Å². The quantitative estimate of drug-likeness (QED) is 0.783. The van der Waals surface area contributed by atoms with E-state index in [1.807, 2.05) is 30.3 Å². The van der Waals surface area contributed by atoms with Gasteiger partial charge in [-0.05, 0) is 67.0 Å². The van der Waals surface area contributed by atoms with E-state index in [2.05, 4.69) is 16.3 Å². The molecule has 0 bridgehead atoms. The van der Waals surface area contributed by atoms with Crippen molar-refractivity contribution in [2.24, 2.45) is 5.92 Å². The van der Waals surface area contributed by atoms with Gasteiger partial charge in [-0.2, -0.15) is 5.26 Å². The van der Waals surface area contributed by atoms with Gasteiger partial charge in [0.15, 0.2) is 0 Å². The lowest BCUT2D eigenvalue weighted by Crippen LogP contribution is -2.49. The Kier molecular flexibility index (Phi) is 6.66. The Balaban J connectivity index is 1.36. The summed E-state index contributed by atoms with van der Waals surface area (Å²) in [6.07, 6.45) is 7.56. The summed E-state index contributed by atoms with van der Waals surface area (Å²) >= 11 is 0. The maximum absolute atomic E-state index is 13.1. The molecule has 4 rings (SSSR count). The number of hydrogen-bond acceptors (Lipinski definition) is 3. The number of nitrogens with one attached hydrogen (secondary N) is 1. The summed E-state index contributed by atoms with van der Waals surface area (Å²) in [5.41, 5.74) is 3.06. The second kappa shape index (κ2) is 9.78. The molecule has 0 aromatic heterocycles. The van der Waals surface area contributed by atoms with Crippen molar-refractivity contribution in [3.63, 3.8) is 0 Å². The fourth-order valence-corrected chi connectivity index (χ4v) is 5.01. The molecular formula is C26H29N3O2. The number of likely N-dealkylation sites (tertiary alicyclic amines) is 1. The average molecular weight is 416 g/mol. The van der Waals surface area contributed by atoms with Crippen molar-refractivity contribution in [3.05, 3.63) is 70.8 Å². The first-order chi connectivity index (χ1) is 15.2. The van der Waals surface area contributed by atoms with Crippen LogP contribution in [0.25, 0.3) is 0 Å². The van der Waals surface area contributed by atoms with Gasteiger partial charge in [0.25, 0.3) is 11.8 Å². The topological polar surface area (TPSA) is 73.2 Å². The SMILES string of the molecule is N#CCc1cccc(C(=O)NCc2ccc(C(=O)N3CCCC4CCCCC43)cc2)c1. The number of fused-ring (bicyclic) bond motifs is 1. The van der Waals surface area contributed by atoms with Gasteiger partial charge in [-0.25, -0.2) is 0 Å². The van der Waals surface area contributed by atoms with E-state index in [0.717, 1.165) is 36.1 Å². The van der Waals surface area contributed by atoms with E-state index in [-0.39, 0.29) is 18.2 Å². The number of rotatable bonds is 5. The number of nitriles is 1. The van der Waals surface area contributed by atoms with Crippen LogP contribution in [0, 0.1) is 17.2 Å². The van der Waals surface area contributed by atoms with E-state index in [9.17, 15) is 9.59 Å². The number of benzene rings is 2. The molecule has 160 valence electrons. The minimum Gasteiger partial charge on any atom is -0.348 e. The van der Waals surface area contributed by atoms with Crippen molar-refractivity contribution in [2.45, 2.75) is 57.5 Å².